The number of benzene rings is 1. The molecule has 1 unspecified atom stereocenters. The Kier molecular flexibility index (Phi) is 9.12. The van der Waals surface area contributed by atoms with Crippen LogP contribution in [0.1, 0.15) is 12.8 Å². The van der Waals surface area contributed by atoms with Crippen molar-refractivity contribution in [3.63, 3.8) is 0 Å². The number of aryl methyl sites for hydroxylation is 2. The number of aliphatic hydroxyl groups is 1. The van der Waals surface area contributed by atoms with Crippen molar-refractivity contribution < 1.29 is 27.6 Å². The summed E-state index contributed by atoms with van der Waals surface area (Å²) in [6.45, 7) is 2.19. The maximum absolute atomic E-state index is 12.4. The van der Waals surface area contributed by atoms with Crippen LogP contribution in [0.25, 0.3) is 11.2 Å². The van der Waals surface area contributed by atoms with E-state index in [9.17, 15) is 14.7 Å². The first kappa shape index (κ1) is 24.9. The van der Waals surface area contributed by atoms with E-state index < -0.39 is 6.10 Å². The molecule has 3 rings (SSSR count). The Hall–Kier alpha value is -2.33. The minimum atomic E-state index is -0.594. The van der Waals surface area contributed by atoms with Crippen LogP contribution in [0, 0.1) is 0 Å². The first-order valence-electron chi connectivity index (χ1n) is 9.88. The number of nitrogens with two attached hydrogens (primary N) is 1. The summed E-state index contributed by atoms with van der Waals surface area (Å²) in [5.74, 6) is 0.564. The molecule has 0 aliphatic heterocycles. The number of fused-ring (bicyclic) bond motifs is 1. The van der Waals surface area contributed by atoms with E-state index in [2.05, 4.69) is 4.98 Å². The van der Waals surface area contributed by atoms with Gasteiger partial charge in [-0.3, -0.25) is 13.9 Å². The minimum absolute atomic E-state index is 0. The summed E-state index contributed by atoms with van der Waals surface area (Å²) in [6, 6.07) is 7.17. The SMILES string of the molecule is Cn1c(=O)c2c(ncn2CCCC[NH2+]CC(O)COc2ccccc2Cl)n(C)c1=O.[Cl-]. The summed E-state index contributed by atoms with van der Waals surface area (Å²) >= 11 is 6.02. The molecule has 0 amide bonds. The molecular weight excluding hydrogens is 445 g/mol. The van der Waals surface area contributed by atoms with Gasteiger partial charge in [0.2, 0.25) is 0 Å². The van der Waals surface area contributed by atoms with E-state index in [1.807, 2.05) is 17.4 Å². The maximum Gasteiger partial charge on any atom is 0.332 e. The van der Waals surface area contributed by atoms with Gasteiger partial charge in [0.05, 0.1) is 17.9 Å². The fraction of sp³-hybridized carbons (Fsp3) is 0.450. The molecule has 0 fully saturated rings. The number of unbranched alkanes of at least 4 members (excludes halogenated alkanes) is 1. The third-order valence-corrected chi connectivity index (χ3v) is 5.29. The Bertz CT molecular complexity index is 1120. The van der Waals surface area contributed by atoms with Crippen LogP contribution < -0.4 is 33.7 Å². The molecule has 0 aliphatic carbocycles. The number of quaternary nitrogens is 1. The monoisotopic (exact) mass is 471 g/mol. The lowest BCUT2D eigenvalue weighted by molar-refractivity contribution is -0.661. The van der Waals surface area contributed by atoms with Crippen molar-refractivity contribution in [1.29, 1.82) is 0 Å². The number of para-hydroxylation sites is 1. The van der Waals surface area contributed by atoms with Crippen LogP contribution in [0.2, 0.25) is 5.02 Å². The van der Waals surface area contributed by atoms with Gasteiger partial charge < -0.3 is 32.1 Å². The molecule has 1 atom stereocenters. The average Bonchev–Trinajstić information content (AvgIpc) is 3.16. The van der Waals surface area contributed by atoms with E-state index in [-0.39, 0.29) is 30.3 Å². The second-order valence-corrected chi connectivity index (χ2v) is 7.64. The van der Waals surface area contributed by atoms with Crippen LogP contribution in [0.3, 0.4) is 0 Å². The fourth-order valence-electron chi connectivity index (χ4n) is 3.26. The first-order chi connectivity index (χ1) is 14.4. The maximum atomic E-state index is 12.4. The van der Waals surface area contributed by atoms with Gasteiger partial charge in [-0.1, -0.05) is 23.7 Å². The highest BCUT2D eigenvalue weighted by atomic mass is 35.5. The van der Waals surface area contributed by atoms with Crippen LogP contribution in [0.4, 0.5) is 0 Å². The van der Waals surface area contributed by atoms with E-state index >= 15 is 0 Å². The molecule has 1 aromatic carbocycles. The van der Waals surface area contributed by atoms with Crippen molar-refractivity contribution in [3.8, 4) is 5.75 Å². The molecule has 0 saturated heterocycles. The zero-order valence-electron chi connectivity index (χ0n) is 17.5. The van der Waals surface area contributed by atoms with E-state index in [1.54, 1.807) is 30.1 Å². The number of halogens is 2. The lowest BCUT2D eigenvalue weighted by Crippen LogP contribution is -3.00. The zero-order valence-corrected chi connectivity index (χ0v) is 19.0. The molecule has 170 valence electrons. The number of hydrogen-bond donors (Lipinski definition) is 2. The van der Waals surface area contributed by atoms with Gasteiger partial charge >= 0.3 is 5.69 Å². The van der Waals surface area contributed by atoms with E-state index in [4.69, 9.17) is 16.3 Å². The molecule has 0 saturated carbocycles. The summed E-state index contributed by atoms with van der Waals surface area (Å²) in [6.07, 6.45) is 2.76. The molecule has 0 aliphatic rings. The van der Waals surface area contributed by atoms with Crippen molar-refractivity contribution in [2.24, 2.45) is 14.1 Å². The van der Waals surface area contributed by atoms with Crippen molar-refractivity contribution in [2.45, 2.75) is 25.5 Å². The van der Waals surface area contributed by atoms with Crippen LogP contribution in [0.5, 0.6) is 5.75 Å². The summed E-state index contributed by atoms with van der Waals surface area (Å²) in [5.41, 5.74) is 0.121. The normalized spacial score (nSPS) is 12.0. The molecule has 11 heteroatoms. The number of ether oxygens (including phenoxy) is 1. The van der Waals surface area contributed by atoms with E-state index in [0.29, 0.717) is 35.0 Å². The van der Waals surface area contributed by atoms with E-state index in [1.165, 1.54) is 11.6 Å². The molecule has 2 aromatic heterocycles. The van der Waals surface area contributed by atoms with Crippen molar-refractivity contribution in [1.82, 2.24) is 18.7 Å². The first-order valence-corrected chi connectivity index (χ1v) is 10.3. The third kappa shape index (κ3) is 5.88. The predicted octanol–water partition coefficient (Wildman–Crippen LogP) is -3.13. The minimum Gasteiger partial charge on any atom is -1.00 e. The third-order valence-electron chi connectivity index (χ3n) is 4.98. The van der Waals surface area contributed by atoms with Crippen LogP contribution in [0.15, 0.2) is 40.2 Å². The molecule has 0 bridgehead atoms. The molecule has 0 radical (unpaired) electrons. The van der Waals surface area contributed by atoms with Crippen molar-refractivity contribution >= 4 is 22.8 Å². The second kappa shape index (κ2) is 11.3. The van der Waals surface area contributed by atoms with Gasteiger partial charge in [0.15, 0.2) is 11.2 Å². The molecule has 2 heterocycles. The number of imidazole rings is 1. The van der Waals surface area contributed by atoms with E-state index in [0.717, 1.165) is 24.0 Å². The molecule has 3 N–H and O–H groups in total. The highest BCUT2D eigenvalue weighted by Crippen LogP contribution is 2.22. The van der Waals surface area contributed by atoms with Crippen LogP contribution >= 0.6 is 11.6 Å². The Morgan fingerprint density at radius 3 is 2.68 bits per heavy atom. The van der Waals surface area contributed by atoms with Gasteiger partial charge in [0.1, 0.15) is 25.0 Å². The van der Waals surface area contributed by atoms with Crippen molar-refractivity contribution in [2.75, 3.05) is 19.7 Å². The summed E-state index contributed by atoms with van der Waals surface area (Å²) in [4.78, 5) is 28.6. The summed E-state index contributed by atoms with van der Waals surface area (Å²) in [7, 11) is 3.08. The van der Waals surface area contributed by atoms with Crippen LogP contribution in [-0.4, -0.2) is 49.6 Å². The number of hydrogen-bond acceptors (Lipinski definition) is 5. The van der Waals surface area contributed by atoms with Gasteiger partial charge in [-0.25, -0.2) is 9.78 Å². The number of nitrogens with zero attached hydrogens (tertiary/aromatic N) is 4. The number of rotatable bonds is 10. The lowest BCUT2D eigenvalue weighted by Gasteiger charge is -2.12. The number of aromatic nitrogens is 4. The van der Waals surface area contributed by atoms with Gasteiger partial charge in [-0.15, -0.1) is 0 Å². The summed E-state index contributed by atoms with van der Waals surface area (Å²) < 4.78 is 9.81. The Morgan fingerprint density at radius 1 is 1.19 bits per heavy atom. The zero-order chi connectivity index (χ0) is 21.7. The molecule has 0 spiro atoms. The highest BCUT2D eigenvalue weighted by molar-refractivity contribution is 6.32. The second-order valence-electron chi connectivity index (χ2n) is 7.23. The Morgan fingerprint density at radius 2 is 1.94 bits per heavy atom. The Labute approximate surface area is 190 Å². The van der Waals surface area contributed by atoms with Gasteiger partial charge in [0, 0.05) is 20.6 Å². The number of aliphatic hydroxyl groups excluding tert-OH is 1. The Balaban J connectivity index is 0.00000341. The largest absolute Gasteiger partial charge is 1.00 e. The van der Waals surface area contributed by atoms with Gasteiger partial charge in [0.25, 0.3) is 5.56 Å². The van der Waals surface area contributed by atoms with Gasteiger partial charge in [-0.2, -0.15) is 0 Å². The van der Waals surface area contributed by atoms with Crippen molar-refractivity contribution in [3.05, 3.63) is 56.5 Å². The molecule has 3 aromatic rings. The molecule has 31 heavy (non-hydrogen) atoms. The standard InChI is InChI=1S/C20H26ClN5O4.ClH/c1-24-18-17(19(28)25(2)20(24)29)26(13-23-18)10-6-5-9-22-11-14(27)12-30-16-8-4-3-7-15(16)21;/h3-4,7-8,13-14,22,27H,5-6,9-12H2,1-2H3;1H. The molecular formula is C20H27Cl2N5O4. The van der Waals surface area contributed by atoms with Crippen LogP contribution in [-0.2, 0) is 20.6 Å². The predicted molar refractivity (Wildman–Crippen MR) is 114 cm³/mol. The van der Waals surface area contributed by atoms with Gasteiger partial charge in [-0.05, 0) is 25.0 Å². The smallest absolute Gasteiger partial charge is 0.332 e. The molecule has 9 nitrogen and oxygen atoms in total. The fourth-order valence-corrected chi connectivity index (χ4v) is 3.45. The average molecular weight is 472 g/mol. The topological polar surface area (TPSA) is 108 Å². The highest BCUT2D eigenvalue weighted by Gasteiger charge is 2.14. The summed E-state index contributed by atoms with van der Waals surface area (Å²) in [5, 5.41) is 12.6. The lowest BCUT2D eigenvalue weighted by atomic mass is 10.3. The quantitative estimate of drug-likeness (QED) is 0.304.